The van der Waals surface area contributed by atoms with Crippen LogP contribution in [-0.4, -0.2) is 29.3 Å². The van der Waals surface area contributed by atoms with Gasteiger partial charge in [-0.25, -0.2) is 9.18 Å². The van der Waals surface area contributed by atoms with Gasteiger partial charge in [0.25, 0.3) is 0 Å². The van der Waals surface area contributed by atoms with Gasteiger partial charge >= 0.3 is 29.3 Å². The normalized spacial score (nSPS) is 16.5. The Labute approximate surface area is 112 Å². The highest BCUT2D eigenvalue weighted by atomic mass is 35.5. The zero-order valence-electron chi connectivity index (χ0n) is 9.63. The molecule has 1 atom stereocenters. The molecule has 0 aromatic carbocycles. The van der Waals surface area contributed by atoms with E-state index in [0.29, 0.717) is 0 Å². The molecule has 0 radical (unpaired) electrons. The van der Waals surface area contributed by atoms with Crippen molar-refractivity contribution in [2.24, 2.45) is 0 Å². The Balaban J connectivity index is 5.48. The number of alkyl halides is 9. The molecule has 0 aromatic heterocycles. The van der Waals surface area contributed by atoms with Gasteiger partial charge in [0.2, 0.25) is 0 Å². The summed E-state index contributed by atoms with van der Waals surface area (Å²) in [6.07, 6.45) is -12.9. The van der Waals surface area contributed by atoms with E-state index in [1.807, 2.05) is 0 Å². The Kier molecular flexibility index (Phi) is 5.09. The molecule has 118 valence electrons. The minimum Gasteiger partial charge on any atom is -0.394 e. The van der Waals surface area contributed by atoms with Crippen molar-refractivity contribution in [1.82, 2.24) is 0 Å². The molecule has 0 heterocycles. The third-order valence-corrected chi connectivity index (χ3v) is 2.51. The van der Waals surface area contributed by atoms with Gasteiger partial charge in [-0.2, -0.15) is 30.7 Å². The van der Waals surface area contributed by atoms with Crippen LogP contribution < -0.4 is 0 Å². The number of hydrogen-bond donors (Lipinski definition) is 0. The lowest BCUT2D eigenvalue weighted by molar-refractivity contribution is -0.375. The summed E-state index contributed by atoms with van der Waals surface area (Å²) in [5.41, 5.74) is -0.701. The van der Waals surface area contributed by atoms with Crippen LogP contribution in [0.4, 0.5) is 35.1 Å². The van der Waals surface area contributed by atoms with Gasteiger partial charge < -0.3 is 4.74 Å². The maximum atomic E-state index is 13.1. The topological polar surface area (TPSA) is 26.3 Å². The maximum absolute atomic E-state index is 13.1. The first kappa shape index (κ1) is 18.9. The number of hydrogen-bond acceptors (Lipinski definition) is 2. The SMILES string of the molecule is C=C(CC)C(=O)OC(F)(F)C(F)(Cl)C(F)(F)C(F)(F)F. The lowest BCUT2D eigenvalue weighted by Gasteiger charge is -2.33. The number of carbonyl (C=O) groups is 1. The van der Waals surface area contributed by atoms with Gasteiger partial charge in [0.15, 0.2) is 0 Å². The summed E-state index contributed by atoms with van der Waals surface area (Å²) in [4.78, 5) is 10.9. The van der Waals surface area contributed by atoms with E-state index in [1.54, 1.807) is 0 Å². The number of rotatable bonds is 5. The van der Waals surface area contributed by atoms with Crippen molar-refractivity contribution in [1.29, 1.82) is 0 Å². The molecule has 0 bridgehead atoms. The molecule has 0 aliphatic carbocycles. The first-order chi connectivity index (χ1) is 8.62. The first-order valence-electron chi connectivity index (χ1n) is 4.73. The summed E-state index contributed by atoms with van der Waals surface area (Å²) in [7, 11) is 0. The quantitative estimate of drug-likeness (QED) is 0.326. The highest BCUT2D eigenvalue weighted by molar-refractivity contribution is 6.24. The molecule has 0 fully saturated rings. The van der Waals surface area contributed by atoms with Gasteiger partial charge in [-0.1, -0.05) is 25.1 Å². The van der Waals surface area contributed by atoms with E-state index in [-0.39, 0.29) is 6.42 Å². The van der Waals surface area contributed by atoms with Crippen LogP contribution >= 0.6 is 11.6 Å². The number of halogens is 9. The van der Waals surface area contributed by atoms with Crippen molar-refractivity contribution in [3.8, 4) is 0 Å². The predicted molar refractivity (Wildman–Crippen MR) is 51.2 cm³/mol. The fraction of sp³-hybridized carbons (Fsp3) is 0.667. The molecule has 11 heteroatoms. The summed E-state index contributed by atoms with van der Waals surface area (Å²) in [6, 6.07) is 0. The number of carbonyl (C=O) groups excluding carboxylic acids is 1. The molecule has 0 aromatic rings. The molecule has 1 unspecified atom stereocenters. The monoisotopic (exact) mass is 334 g/mol. The van der Waals surface area contributed by atoms with Crippen LogP contribution in [0.3, 0.4) is 0 Å². The molecular formula is C9H7ClF8O2. The average molecular weight is 335 g/mol. The van der Waals surface area contributed by atoms with Crippen LogP contribution in [0.15, 0.2) is 12.2 Å². The molecule has 0 rings (SSSR count). The van der Waals surface area contributed by atoms with Crippen molar-refractivity contribution in [2.75, 3.05) is 0 Å². The average Bonchev–Trinajstić information content (AvgIpc) is 2.25. The van der Waals surface area contributed by atoms with E-state index in [0.717, 1.165) is 0 Å². The van der Waals surface area contributed by atoms with E-state index >= 15 is 0 Å². The van der Waals surface area contributed by atoms with Crippen LogP contribution in [0.1, 0.15) is 13.3 Å². The van der Waals surface area contributed by atoms with Gasteiger partial charge in [0.05, 0.1) is 0 Å². The third-order valence-electron chi connectivity index (χ3n) is 2.05. The van der Waals surface area contributed by atoms with E-state index in [4.69, 9.17) is 0 Å². The molecule has 0 N–H and O–H groups in total. The lowest BCUT2D eigenvalue weighted by Crippen LogP contribution is -2.61. The fourth-order valence-electron chi connectivity index (χ4n) is 0.758. The van der Waals surface area contributed by atoms with Crippen LogP contribution in [0.25, 0.3) is 0 Å². The van der Waals surface area contributed by atoms with Crippen molar-refractivity contribution in [3.63, 3.8) is 0 Å². The molecule has 0 aliphatic heterocycles. The second-order valence-electron chi connectivity index (χ2n) is 3.51. The van der Waals surface area contributed by atoms with Gasteiger partial charge in [0.1, 0.15) is 0 Å². The maximum Gasteiger partial charge on any atom is 0.458 e. The zero-order valence-corrected chi connectivity index (χ0v) is 10.4. The molecule has 0 spiro atoms. The van der Waals surface area contributed by atoms with Crippen LogP contribution in [0.2, 0.25) is 0 Å². The van der Waals surface area contributed by atoms with Crippen LogP contribution in [-0.2, 0) is 9.53 Å². The highest BCUT2D eigenvalue weighted by Gasteiger charge is 2.82. The van der Waals surface area contributed by atoms with Gasteiger partial charge in [-0.15, -0.1) is 0 Å². The molecule has 0 saturated carbocycles. The Morgan fingerprint density at radius 3 is 1.80 bits per heavy atom. The lowest BCUT2D eigenvalue weighted by atomic mass is 10.1. The molecule has 2 nitrogen and oxygen atoms in total. The van der Waals surface area contributed by atoms with Gasteiger partial charge in [0, 0.05) is 5.57 Å². The largest absolute Gasteiger partial charge is 0.458 e. The van der Waals surface area contributed by atoms with E-state index in [2.05, 4.69) is 22.9 Å². The summed E-state index contributed by atoms with van der Waals surface area (Å²) >= 11 is 4.00. The van der Waals surface area contributed by atoms with E-state index in [9.17, 15) is 39.9 Å². The fourth-order valence-corrected chi connectivity index (χ4v) is 0.904. The Morgan fingerprint density at radius 2 is 1.50 bits per heavy atom. The Bertz CT molecular complexity index is 401. The smallest absolute Gasteiger partial charge is 0.394 e. The molecule has 20 heavy (non-hydrogen) atoms. The summed E-state index contributed by atoms with van der Waals surface area (Å²) in [6.45, 7) is 4.08. The molecule has 0 saturated heterocycles. The highest BCUT2D eigenvalue weighted by Crippen LogP contribution is 2.54. The van der Waals surface area contributed by atoms with Crippen molar-refractivity contribution >= 4 is 17.6 Å². The minimum absolute atomic E-state index is 0.286. The standard InChI is InChI=1S/C9H7ClF8O2/c1-3-4(2)5(19)20-9(17,18)6(10,11)7(12,13)8(14,15)16/h2-3H2,1H3. The first-order valence-corrected chi connectivity index (χ1v) is 5.11. The third kappa shape index (κ3) is 3.15. The Morgan fingerprint density at radius 1 is 1.10 bits per heavy atom. The van der Waals surface area contributed by atoms with Crippen molar-refractivity contribution < 1.29 is 44.7 Å². The van der Waals surface area contributed by atoms with Crippen molar-refractivity contribution in [2.45, 2.75) is 36.7 Å². The molecular weight excluding hydrogens is 328 g/mol. The van der Waals surface area contributed by atoms with E-state index in [1.165, 1.54) is 6.92 Å². The minimum atomic E-state index is -6.72. The number of ether oxygens (including phenoxy) is 1. The van der Waals surface area contributed by atoms with E-state index < -0.39 is 34.9 Å². The Hall–Kier alpha value is -1.06. The summed E-state index contributed by atoms with van der Waals surface area (Å²) in [5.74, 6) is -8.73. The molecule has 0 aliphatic rings. The van der Waals surface area contributed by atoms with Crippen LogP contribution in [0, 0.1) is 0 Å². The summed E-state index contributed by atoms with van der Waals surface area (Å²) < 4.78 is 103. The zero-order chi connectivity index (χ0) is 16.6. The molecule has 0 amide bonds. The van der Waals surface area contributed by atoms with Gasteiger partial charge in [-0.05, 0) is 6.42 Å². The van der Waals surface area contributed by atoms with Crippen LogP contribution in [0.5, 0.6) is 0 Å². The summed E-state index contributed by atoms with van der Waals surface area (Å²) in [5, 5.41) is -6.01. The second-order valence-corrected chi connectivity index (χ2v) is 4.03. The van der Waals surface area contributed by atoms with Gasteiger partial charge in [-0.3, -0.25) is 0 Å². The predicted octanol–water partition coefficient (Wildman–Crippen LogP) is 4.19. The van der Waals surface area contributed by atoms with Crippen molar-refractivity contribution in [3.05, 3.63) is 12.2 Å². The second kappa shape index (κ2) is 5.38. The number of esters is 1.